The SMILES string of the molecule is CCCC[N+](C)(N)CCCC. The number of nitrogens with two attached hydrogens (primary N) is 1. The van der Waals surface area contributed by atoms with Crippen molar-refractivity contribution in [1.82, 2.24) is 0 Å². The number of unbranched alkanes of at least 4 members (excludes halogenated alkanes) is 2. The Balaban J connectivity index is 3.43. The zero-order valence-electron chi connectivity index (χ0n) is 8.27. The molecule has 0 bridgehead atoms. The van der Waals surface area contributed by atoms with Crippen LogP contribution in [0.5, 0.6) is 0 Å². The van der Waals surface area contributed by atoms with Crippen LogP contribution in [0.3, 0.4) is 0 Å². The van der Waals surface area contributed by atoms with E-state index in [4.69, 9.17) is 5.84 Å². The molecular weight excluding hydrogens is 136 g/mol. The molecule has 2 N–H and O–H groups in total. The first-order valence-electron chi connectivity index (χ1n) is 4.75. The van der Waals surface area contributed by atoms with Crippen molar-refractivity contribution in [3.05, 3.63) is 0 Å². The van der Waals surface area contributed by atoms with Crippen LogP contribution in [0.4, 0.5) is 0 Å². The lowest BCUT2D eigenvalue weighted by Gasteiger charge is -2.27. The van der Waals surface area contributed by atoms with Crippen molar-refractivity contribution in [3.8, 4) is 0 Å². The summed E-state index contributed by atoms with van der Waals surface area (Å²) in [5.41, 5.74) is 0. The van der Waals surface area contributed by atoms with Gasteiger partial charge in [0.1, 0.15) is 0 Å². The van der Waals surface area contributed by atoms with Gasteiger partial charge in [0.2, 0.25) is 0 Å². The Morgan fingerprint density at radius 1 is 1.00 bits per heavy atom. The predicted molar refractivity (Wildman–Crippen MR) is 49.9 cm³/mol. The van der Waals surface area contributed by atoms with E-state index in [1.54, 1.807) is 0 Å². The van der Waals surface area contributed by atoms with Gasteiger partial charge in [-0.15, -0.1) is 0 Å². The fourth-order valence-electron chi connectivity index (χ4n) is 1.15. The highest BCUT2D eigenvalue weighted by Crippen LogP contribution is 2.01. The maximum absolute atomic E-state index is 6.03. The Labute approximate surface area is 70.9 Å². The molecule has 68 valence electrons. The third-order valence-corrected chi connectivity index (χ3v) is 2.04. The van der Waals surface area contributed by atoms with Gasteiger partial charge in [0.15, 0.2) is 0 Å². The lowest BCUT2D eigenvalue weighted by atomic mass is 10.2. The van der Waals surface area contributed by atoms with Gasteiger partial charge in [0.05, 0.1) is 20.1 Å². The molecule has 0 aromatic heterocycles. The van der Waals surface area contributed by atoms with Crippen LogP contribution in [0, 0.1) is 0 Å². The fraction of sp³-hybridized carbons (Fsp3) is 1.00. The lowest BCUT2D eigenvalue weighted by molar-refractivity contribution is -0.921. The van der Waals surface area contributed by atoms with E-state index in [1.807, 2.05) is 0 Å². The lowest BCUT2D eigenvalue weighted by Crippen LogP contribution is -2.51. The second-order valence-electron chi connectivity index (χ2n) is 3.63. The molecule has 2 heteroatoms. The number of quaternary nitrogens is 1. The molecule has 0 saturated carbocycles. The number of rotatable bonds is 6. The monoisotopic (exact) mass is 159 g/mol. The standard InChI is InChI=1S/C9H23N2/c1-4-6-8-11(3,10)9-7-5-2/h4-10H2,1-3H3/q+1. The minimum Gasteiger partial charge on any atom is -0.251 e. The topological polar surface area (TPSA) is 26.0 Å². The molecule has 0 spiro atoms. The van der Waals surface area contributed by atoms with Gasteiger partial charge in [-0.2, -0.15) is 5.84 Å². The molecule has 0 atom stereocenters. The molecule has 0 aliphatic heterocycles. The van der Waals surface area contributed by atoms with Crippen molar-refractivity contribution >= 4 is 0 Å². The maximum Gasteiger partial charge on any atom is 0.0957 e. The first-order valence-corrected chi connectivity index (χ1v) is 4.75. The molecule has 0 saturated heterocycles. The number of nitrogens with zero attached hydrogens (tertiary/aromatic N) is 1. The number of hydrogen-bond acceptors (Lipinski definition) is 1. The molecule has 0 aromatic carbocycles. The first-order chi connectivity index (χ1) is 5.12. The van der Waals surface area contributed by atoms with Crippen LogP contribution in [0.2, 0.25) is 0 Å². The van der Waals surface area contributed by atoms with E-state index in [0.717, 1.165) is 13.1 Å². The van der Waals surface area contributed by atoms with Crippen LogP contribution in [0.1, 0.15) is 39.5 Å². The van der Waals surface area contributed by atoms with Crippen LogP contribution in [-0.2, 0) is 0 Å². The second-order valence-corrected chi connectivity index (χ2v) is 3.63. The smallest absolute Gasteiger partial charge is 0.0957 e. The van der Waals surface area contributed by atoms with Crippen LogP contribution >= 0.6 is 0 Å². The van der Waals surface area contributed by atoms with Crippen molar-refractivity contribution in [2.75, 3.05) is 20.1 Å². The van der Waals surface area contributed by atoms with Crippen molar-refractivity contribution in [2.24, 2.45) is 5.84 Å². The summed E-state index contributed by atoms with van der Waals surface area (Å²) < 4.78 is 0.710. The largest absolute Gasteiger partial charge is 0.251 e. The molecule has 11 heavy (non-hydrogen) atoms. The van der Waals surface area contributed by atoms with Crippen molar-refractivity contribution < 1.29 is 4.59 Å². The second kappa shape index (κ2) is 5.56. The van der Waals surface area contributed by atoms with Crippen LogP contribution in [0.25, 0.3) is 0 Å². The van der Waals surface area contributed by atoms with Crippen LogP contribution in [-0.4, -0.2) is 24.7 Å². The van der Waals surface area contributed by atoms with Crippen LogP contribution < -0.4 is 5.84 Å². The molecule has 0 amide bonds. The normalized spacial score (nSPS) is 12.0. The van der Waals surface area contributed by atoms with E-state index < -0.39 is 0 Å². The van der Waals surface area contributed by atoms with Gasteiger partial charge in [-0.3, -0.25) is 4.59 Å². The first kappa shape index (κ1) is 10.9. The van der Waals surface area contributed by atoms with E-state index in [-0.39, 0.29) is 0 Å². The molecule has 0 unspecified atom stereocenters. The zero-order chi connectivity index (χ0) is 8.74. The van der Waals surface area contributed by atoms with E-state index in [1.165, 1.54) is 25.7 Å². The minimum atomic E-state index is 0.710. The summed E-state index contributed by atoms with van der Waals surface area (Å²) in [4.78, 5) is 0. The van der Waals surface area contributed by atoms with Crippen molar-refractivity contribution in [1.29, 1.82) is 0 Å². The molecule has 0 aliphatic carbocycles. The Morgan fingerprint density at radius 3 is 1.64 bits per heavy atom. The van der Waals surface area contributed by atoms with Crippen LogP contribution in [0.15, 0.2) is 0 Å². The summed E-state index contributed by atoms with van der Waals surface area (Å²) in [5, 5.41) is 0. The van der Waals surface area contributed by atoms with Gasteiger partial charge in [0.25, 0.3) is 0 Å². The summed E-state index contributed by atoms with van der Waals surface area (Å²) in [6.45, 7) is 6.66. The van der Waals surface area contributed by atoms with Gasteiger partial charge >= 0.3 is 0 Å². The average Bonchev–Trinajstić information content (AvgIpc) is 1.97. The van der Waals surface area contributed by atoms with E-state index in [9.17, 15) is 0 Å². The van der Waals surface area contributed by atoms with Gasteiger partial charge in [0, 0.05) is 0 Å². The van der Waals surface area contributed by atoms with E-state index in [2.05, 4.69) is 20.9 Å². The molecule has 0 rings (SSSR count). The highest BCUT2D eigenvalue weighted by molar-refractivity contribution is 4.36. The summed E-state index contributed by atoms with van der Waals surface area (Å²) in [6.07, 6.45) is 4.99. The fourth-order valence-corrected chi connectivity index (χ4v) is 1.15. The van der Waals surface area contributed by atoms with Gasteiger partial charge < -0.3 is 0 Å². The van der Waals surface area contributed by atoms with E-state index >= 15 is 0 Å². The zero-order valence-corrected chi connectivity index (χ0v) is 8.27. The molecule has 0 radical (unpaired) electrons. The maximum atomic E-state index is 6.03. The van der Waals surface area contributed by atoms with Gasteiger partial charge in [-0.05, 0) is 12.8 Å². The van der Waals surface area contributed by atoms with Gasteiger partial charge in [-0.1, -0.05) is 26.7 Å². The molecule has 0 aromatic rings. The summed E-state index contributed by atoms with van der Waals surface area (Å²) in [7, 11) is 2.12. The van der Waals surface area contributed by atoms with Gasteiger partial charge in [-0.25, -0.2) is 0 Å². The molecule has 2 nitrogen and oxygen atoms in total. The molecular formula is C9H23N2+. The summed E-state index contributed by atoms with van der Waals surface area (Å²) >= 11 is 0. The highest BCUT2D eigenvalue weighted by atomic mass is 15.6. The van der Waals surface area contributed by atoms with Crippen molar-refractivity contribution in [3.63, 3.8) is 0 Å². The third-order valence-electron chi connectivity index (χ3n) is 2.04. The minimum absolute atomic E-state index is 0.710. The Kier molecular flexibility index (Phi) is 5.51. The Hall–Kier alpha value is -0.0800. The quantitative estimate of drug-likeness (QED) is 0.357. The Morgan fingerprint density at radius 2 is 1.36 bits per heavy atom. The Bertz CT molecular complexity index is 79.6. The van der Waals surface area contributed by atoms with Crippen molar-refractivity contribution in [2.45, 2.75) is 39.5 Å². The third kappa shape index (κ3) is 6.32. The average molecular weight is 159 g/mol. The molecule has 0 fully saturated rings. The summed E-state index contributed by atoms with van der Waals surface area (Å²) in [6, 6.07) is 0. The molecule has 0 aliphatic rings. The molecule has 0 heterocycles. The van der Waals surface area contributed by atoms with E-state index in [0.29, 0.717) is 4.59 Å². The predicted octanol–water partition coefficient (Wildman–Crippen LogP) is 1.91. The summed E-state index contributed by atoms with van der Waals surface area (Å²) in [5.74, 6) is 6.03. The highest BCUT2D eigenvalue weighted by Gasteiger charge is 2.13. The number of hydrogen-bond donors (Lipinski definition) is 1.